The molecule has 0 radical (unpaired) electrons. The molecule has 0 unspecified atom stereocenters. The minimum absolute atomic E-state index is 0.190. The molecule has 0 aliphatic heterocycles. The highest BCUT2D eigenvalue weighted by Crippen LogP contribution is 2.34. The number of aromatic nitrogens is 2. The van der Waals surface area contributed by atoms with Crippen LogP contribution in [0.25, 0.3) is 22.0 Å². The molecule has 23 heavy (non-hydrogen) atoms. The summed E-state index contributed by atoms with van der Waals surface area (Å²) in [4.78, 5) is 7.52. The molecule has 120 valence electrons. The zero-order valence-corrected chi connectivity index (χ0v) is 13.5. The van der Waals surface area contributed by atoms with Gasteiger partial charge in [0.25, 0.3) is 0 Å². The van der Waals surface area contributed by atoms with Gasteiger partial charge in [0.2, 0.25) is 5.88 Å². The number of fused-ring (bicyclic) bond motifs is 1. The van der Waals surface area contributed by atoms with Crippen molar-refractivity contribution >= 4 is 20.7 Å². The van der Waals surface area contributed by atoms with E-state index in [1.54, 1.807) is 30.5 Å². The van der Waals surface area contributed by atoms with Crippen molar-refractivity contribution in [3.8, 4) is 17.0 Å². The van der Waals surface area contributed by atoms with Crippen LogP contribution in [0.2, 0.25) is 0 Å². The Morgan fingerprint density at radius 2 is 2.04 bits per heavy atom. The Kier molecular flexibility index (Phi) is 3.83. The molecule has 0 bridgehead atoms. The fourth-order valence-electron chi connectivity index (χ4n) is 2.55. The first kappa shape index (κ1) is 15.5. The van der Waals surface area contributed by atoms with Gasteiger partial charge in [0, 0.05) is 46.2 Å². The van der Waals surface area contributed by atoms with Crippen LogP contribution in [-0.4, -0.2) is 36.9 Å². The Labute approximate surface area is 133 Å². The Hall–Kier alpha value is -2.38. The largest absolute Gasteiger partial charge is 0.481 e. The highest BCUT2D eigenvalue weighted by Gasteiger charge is 2.16. The van der Waals surface area contributed by atoms with E-state index >= 15 is 0 Å². The van der Waals surface area contributed by atoms with Crippen molar-refractivity contribution in [1.82, 2.24) is 9.97 Å². The lowest BCUT2D eigenvalue weighted by Crippen LogP contribution is -1.96. The molecule has 3 rings (SSSR count). The normalized spacial score (nSPS) is 11.8. The molecule has 0 atom stereocenters. The standard InChI is InChI=1S/C16H16N2O4S/c1-22-15-6-3-10(8-17-15)16-12-7-11(23(2,20)21)4-5-13(12)18-14(16)9-19/h3-8,18-19H,9H2,1-2H3. The quantitative estimate of drug-likeness (QED) is 0.763. The number of nitrogens with zero attached hydrogens (tertiary/aromatic N) is 1. The predicted octanol–water partition coefficient (Wildman–Crippen LogP) is 2.13. The average Bonchev–Trinajstić information content (AvgIpc) is 2.91. The number of benzene rings is 1. The van der Waals surface area contributed by atoms with Crippen LogP contribution < -0.4 is 4.74 Å². The van der Waals surface area contributed by atoms with Gasteiger partial charge in [0.1, 0.15) is 0 Å². The van der Waals surface area contributed by atoms with Gasteiger partial charge in [0.15, 0.2) is 9.84 Å². The summed E-state index contributed by atoms with van der Waals surface area (Å²) in [7, 11) is -1.78. The lowest BCUT2D eigenvalue weighted by atomic mass is 10.0. The van der Waals surface area contributed by atoms with Crippen molar-refractivity contribution < 1.29 is 18.3 Å². The van der Waals surface area contributed by atoms with Gasteiger partial charge in [-0.25, -0.2) is 13.4 Å². The van der Waals surface area contributed by atoms with Crippen LogP contribution in [0.15, 0.2) is 41.4 Å². The van der Waals surface area contributed by atoms with Crippen LogP contribution >= 0.6 is 0 Å². The monoisotopic (exact) mass is 332 g/mol. The van der Waals surface area contributed by atoms with Gasteiger partial charge in [-0.15, -0.1) is 0 Å². The summed E-state index contributed by atoms with van der Waals surface area (Å²) in [6.07, 6.45) is 2.80. The van der Waals surface area contributed by atoms with Crippen LogP contribution in [0, 0.1) is 0 Å². The zero-order chi connectivity index (χ0) is 16.6. The number of methoxy groups -OCH3 is 1. The summed E-state index contributed by atoms with van der Waals surface area (Å²) in [5.74, 6) is 0.482. The fraction of sp³-hybridized carbons (Fsp3) is 0.188. The van der Waals surface area contributed by atoms with Crippen molar-refractivity contribution in [2.75, 3.05) is 13.4 Å². The number of H-pyrrole nitrogens is 1. The lowest BCUT2D eigenvalue weighted by Gasteiger charge is -2.05. The number of sulfone groups is 1. The van der Waals surface area contributed by atoms with Gasteiger partial charge in [-0.2, -0.15) is 0 Å². The number of aliphatic hydroxyl groups is 1. The molecule has 0 spiro atoms. The minimum atomic E-state index is -3.31. The van der Waals surface area contributed by atoms with Gasteiger partial charge in [0.05, 0.1) is 18.6 Å². The summed E-state index contributed by atoms with van der Waals surface area (Å²) in [6, 6.07) is 8.40. The summed E-state index contributed by atoms with van der Waals surface area (Å²) in [6.45, 7) is -0.190. The minimum Gasteiger partial charge on any atom is -0.481 e. The van der Waals surface area contributed by atoms with Crippen LogP contribution in [0.3, 0.4) is 0 Å². The third-order valence-electron chi connectivity index (χ3n) is 3.67. The maximum Gasteiger partial charge on any atom is 0.212 e. The number of nitrogens with one attached hydrogen (secondary N) is 1. The fourth-order valence-corrected chi connectivity index (χ4v) is 3.20. The van der Waals surface area contributed by atoms with E-state index in [1.165, 1.54) is 13.4 Å². The predicted molar refractivity (Wildman–Crippen MR) is 87.1 cm³/mol. The van der Waals surface area contributed by atoms with Gasteiger partial charge in [-0.05, 0) is 24.3 Å². The van der Waals surface area contributed by atoms with E-state index in [0.29, 0.717) is 11.6 Å². The molecule has 0 saturated carbocycles. The van der Waals surface area contributed by atoms with Crippen molar-refractivity contribution in [1.29, 1.82) is 0 Å². The van der Waals surface area contributed by atoms with Crippen LogP contribution in [0.5, 0.6) is 5.88 Å². The van der Waals surface area contributed by atoms with E-state index in [0.717, 1.165) is 22.0 Å². The van der Waals surface area contributed by atoms with E-state index in [1.807, 2.05) is 6.07 Å². The van der Waals surface area contributed by atoms with E-state index in [4.69, 9.17) is 4.74 Å². The van der Waals surface area contributed by atoms with Crippen LogP contribution in [0.4, 0.5) is 0 Å². The van der Waals surface area contributed by atoms with Crippen LogP contribution in [-0.2, 0) is 16.4 Å². The lowest BCUT2D eigenvalue weighted by molar-refractivity contribution is 0.278. The summed E-state index contributed by atoms with van der Waals surface area (Å²) in [5.41, 5.74) is 2.87. The molecule has 0 saturated heterocycles. The number of ether oxygens (including phenoxy) is 1. The highest BCUT2D eigenvalue weighted by atomic mass is 32.2. The van der Waals surface area contributed by atoms with E-state index in [-0.39, 0.29) is 11.5 Å². The van der Waals surface area contributed by atoms with Crippen molar-refractivity contribution in [2.24, 2.45) is 0 Å². The molecule has 0 aliphatic carbocycles. The molecular weight excluding hydrogens is 316 g/mol. The Bertz CT molecular complexity index is 960. The van der Waals surface area contributed by atoms with Gasteiger partial charge in [-0.1, -0.05) is 0 Å². The number of aromatic amines is 1. The summed E-state index contributed by atoms with van der Waals surface area (Å²) >= 11 is 0. The second-order valence-corrected chi connectivity index (χ2v) is 7.22. The molecule has 6 nitrogen and oxygen atoms in total. The molecule has 3 aromatic rings. The average molecular weight is 332 g/mol. The Balaban J connectivity index is 2.27. The molecule has 2 heterocycles. The molecular formula is C16H16N2O4S. The van der Waals surface area contributed by atoms with Gasteiger partial charge < -0.3 is 14.8 Å². The van der Waals surface area contributed by atoms with E-state index in [9.17, 15) is 13.5 Å². The molecule has 1 aromatic carbocycles. The van der Waals surface area contributed by atoms with Crippen molar-refractivity contribution in [2.45, 2.75) is 11.5 Å². The second kappa shape index (κ2) is 5.68. The first-order valence-corrected chi connectivity index (χ1v) is 8.79. The molecule has 2 aromatic heterocycles. The first-order chi connectivity index (χ1) is 10.9. The SMILES string of the molecule is COc1ccc(-c2c(CO)[nH]c3ccc(S(C)(=O)=O)cc23)cn1. The Morgan fingerprint density at radius 3 is 2.61 bits per heavy atom. The zero-order valence-electron chi connectivity index (χ0n) is 12.7. The third-order valence-corrected chi connectivity index (χ3v) is 4.78. The van der Waals surface area contributed by atoms with E-state index < -0.39 is 9.84 Å². The molecule has 2 N–H and O–H groups in total. The second-order valence-electron chi connectivity index (χ2n) is 5.21. The number of hydrogen-bond donors (Lipinski definition) is 2. The molecule has 0 amide bonds. The third kappa shape index (κ3) is 2.80. The molecule has 7 heteroatoms. The summed E-state index contributed by atoms with van der Waals surface area (Å²) in [5, 5.41) is 10.3. The van der Waals surface area contributed by atoms with Gasteiger partial charge in [-0.3, -0.25) is 0 Å². The number of pyridine rings is 1. The maximum absolute atomic E-state index is 11.8. The van der Waals surface area contributed by atoms with Crippen molar-refractivity contribution in [3.63, 3.8) is 0 Å². The molecule has 0 fully saturated rings. The number of aliphatic hydroxyl groups excluding tert-OH is 1. The van der Waals surface area contributed by atoms with Crippen LogP contribution in [0.1, 0.15) is 5.69 Å². The molecule has 0 aliphatic rings. The topological polar surface area (TPSA) is 92.3 Å². The smallest absolute Gasteiger partial charge is 0.212 e. The highest BCUT2D eigenvalue weighted by molar-refractivity contribution is 7.90. The number of hydrogen-bond acceptors (Lipinski definition) is 5. The van der Waals surface area contributed by atoms with E-state index in [2.05, 4.69) is 9.97 Å². The Morgan fingerprint density at radius 1 is 1.26 bits per heavy atom. The number of rotatable bonds is 4. The maximum atomic E-state index is 11.8. The first-order valence-electron chi connectivity index (χ1n) is 6.90. The van der Waals surface area contributed by atoms with Crippen molar-refractivity contribution in [3.05, 3.63) is 42.2 Å². The van der Waals surface area contributed by atoms with Gasteiger partial charge >= 0.3 is 0 Å². The summed E-state index contributed by atoms with van der Waals surface area (Å²) < 4.78 is 28.6.